The Bertz CT molecular complexity index is 352. The number of nitrogens with one attached hydrogen (secondary N) is 1. The van der Waals surface area contributed by atoms with E-state index in [2.05, 4.69) is 43.2 Å². The Morgan fingerprint density at radius 2 is 1.95 bits per heavy atom. The Morgan fingerprint density at radius 3 is 2.53 bits per heavy atom. The lowest BCUT2D eigenvalue weighted by Crippen LogP contribution is -2.29. The molecule has 1 rings (SSSR count). The van der Waals surface area contributed by atoms with Crippen LogP contribution in [0.5, 0.6) is 0 Å². The lowest BCUT2D eigenvalue weighted by molar-refractivity contribution is 0.343. The second-order valence-electron chi connectivity index (χ2n) is 5.83. The quantitative estimate of drug-likeness (QED) is 0.755. The summed E-state index contributed by atoms with van der Waals surface area (Å²) in [4.78, 5) is 4.46. The summed E-state index contributed by atoms with van der Waals surface area (Å²) in [5, 5.41) is 7.36. The van der Waals surface area contributed by atoms with Crippen LogP contribution in [0.1, 0.15) is 45.8 Å². The average molecular weight is 285 g/mol. The number of nitrogens with zero attached hydrogens (tertiary/aromatic N) is 2. The molecule has 0 aromatic carbocycles. The van der Waals surface area contributed by atoms with Gasteiger partial charge >= 0.3 is 0 Å². The van der Waals surface area contributed by atoms with Gasteiger partial charge in [-0.25, -0.2) is 0 Å². The van der Waals surface area contributed by atoms with Gasteiger partial charge in [0.1, 0.15) is 0 Å². The molecule has 0 fully saturated rings. The number of hydrogen-bond acceptors (Lipinski definition) is 5. The topological polar surface area (TPSA) is 51.0 Å². The van der Waals surface area contributed by atoms with Gasteiger partial charge in [-0.2, -0.15) is 16.7 Å². The minimum Gasteiger partial charge on any atom is -0.339 e. The Labute approximate surface area is 121 Å². The van der Waals surface area contributed by atoms with Crippen molar-refractivity contribution in [2.45, 2.75) is 52.3 Å². The van der Waals surface area contributed by atoms with Gasteiger partial charge in [-0.15, -0.1) is 0 Å². The van der Waals surface area contributed by atoms with Gasteiger partial charge in [0.15, 0.2) is 5.82 Å². The van der Waals surface area contributed by atoms with Crippen LogP contribution in [0.2, 0.25) is 0 Å². The Morgan fingerprint density at radius 1 is 1.21 bits per heavy atom. The van der Waals surface area contributed by atoms with E-state index in [9.17, 15) is 0 Å². The fraction of sp³-hybridized carbons (Fsp3) is 0.857. The molecule has 19 heavy (non-hydrogen) atoms. The average Bonchev–Trinajstić information content (AvgIpc) is 2.75. The minimum atomic E-state index is 0.414. The SMILES string of the molecule is CNC(Cc1nc(CSCC(C)C)no1)CC(C)C. The highest BCUT2D eigenvalue weighted by Gasteiger charge is 2.14. The summed E-state index contributed by atoms with van der Waals surface area (Å²) in [5.41, 5.74) is 0. The normalized spacial score (nSPS) is 13.4. The van der Waals surface area contributed by atoms with E-state index in [4.69, 9.17) is 4.52 Å². The van der Waals surface area contributed by atoms with Gasteiger partial charge in [0.25, 0.3) is 0 Å². The van der Waals surface area contributed by atoms with Crippen LogP contribution in [-0.4, -0.2) is 29.0 Å². The largest absolute Gasteiger partial charge is 0.339 e. The van der Waals surface area contributed by atoms with Crippen LogP contribution in [0.15, 0.2) is 4.52 Å². The zero-order valence-electron chi connectivity index (χ0n) is 12.8. The van der Waals surface area contributed by atoms with E-state index in [1.165, 1.54) is 0 Å². The highest BCUT2D eigenvalue weighted by molar-refractivity contribution is 7.98. The summed E-state index contributed by atoms with van der Waals surface area (Å²) in [6.45, 7) is 8.90. The van der Waals surface area contributed by atoms with Gasteiger partial charge in [0.2, 0.25) is 5.89 Å². The van der Waals surface area contributed by atoms with Crippen molar-refractivity contribution in [1.29, 1.82) is 0 Å². The van der Waals surface area contributed by atoms with Crippen molar-refractivity contribution in [3.8, 4) is 0 Å². The van der Waals surface area contributed by atoms with Crippen LogP contribution in [0.25, 0.3) is 0 Å². The van der Waals surface area contributed by atoms with Crippen LogP contribution < -0.4 is 5.32 Å². The van der Waals surface area contributed by atoms with Crippen LogP contribution >= 0.6 is 11.8 Å². The molecule has 1 aromatic heterocycles. The van der Waals surface area contributed by atoms with Crippen molar-refractivity contribution in [2.75, 3.05) is 12.8 Å². The fourth-order valence-electron chi connectivity index (χ4n) is 1.90. The second-order valence-corrected chi connectivity index (χ2v) is 6.86. The van der Waals surface area contributed by atoms with Crippen LogP contribution in [0.4, 0.5) is 0 Å². The third kappa shape index (κ3) is 6.97. The number of hydrogen-bond donors (Lipinski definition) is 1. The number of thioether (sulfide) groups is 1. The molecule has 1 N–H and O–H groups in total. The maximum Gasteiger partial charge on any atom is 0.228 e. The first-order valence-electron chi connectivity index (χ1n) is 7.07. The monoisotopic (exact) mass is 285 g/mol. The maximum atomic E-state index is 5.32. The molecule has 1 atom stereocenters. The molecule has 0 saturated carbocycles. The fourth-order valence-corrected chi connectivity index (χ4v) is 2.79. The Kier molecular flexibility index (Phi) is 7.46. The molecule has 110 valence electrons. The van der Waals surface area contributed by atoms with E-state index in [0.29, 0.717) is 17.9 Å². The minimum absolute atomic E-state index is 0.414. The zero-order chi connectivity index (χ0) is 14.3. The van der Waals surface area contributed by atoms with E-state index in [-0.39, 0.29) is 0 Å². The molecular weight excluding hydrogens is 258 g/mol. The van der Waals surface area contributed by atoms with Gasteiger partial charge < -0.3 is 9.84 Å². The summed E-state index contributed by atoms with van der Waals surface area (Å²) in [7, 11) is 1.99. The highest BCUT2D eigenvalue weighted by Crippen LogP contribution is 2.14. The number of aromatic nitrogens is 2. The van der Waals surface area contributed by atoms with E-state index in [1.807, 2.05) is 18.8 Å². The predicted octanol–water partition coefficient (Wildman–Crippen LogP) is 3.14. The van der Waals surface area contributed by atoms with Crippen molar-refractivity contribution < 1.29 is 4.52 Å². The van der Waals surface area contributed by atoms with Crippen molar-refractivity contribution in [2.24, 2.45) is 11.8 Å². The molecule has 1 heterocycles. The molecule has 1 unspecified atom stereocenters. The third-order valence-electron chi connectivity index (χ3n) is 2.78. The molecule has 0 aliphatic heterocycles. The smallest absolute Gasteiger partial charge is 0.228 e. The summed E-state index contributed by atoms with van der Waals surface area (Å²) >= 11 is 1.86. The molecule has 5 heteroatoms. The standard InChI is InChI=1S/C14H27N3OS/c1-10(2)6-12(15-5)7-14-16-13(17-18-14)9-19-8-11(3)4/h10-12,15H,6-9H2,1-5H3. The molecule has 0 spiro atoms. The molecule has 0 amide bonds. The molecule has 0 saturated heterocycles. The van der Waals surface area contributed by atoms with Gasteiger partial charge in [0, 0.05) is 12.5 Å². The van der Waals surface area contributed by atoms with Gasteiger partial charge in [0.05, 0.1) is 5.75 Å². The van der Waals surface area contributed by atoms with Gasteiger partial charge in [-0.3, -0.25) is 0 Å². The van der Waals surface area contributed by atoms with Crippen LogP contribution in [0.3, 0.4) is 0 Å². The predicted molar refractivity (Wildman–Crippen MR) is 81.3 cm³/mol. The molecule has 4 nitrogen and oxygen atoms in total. The van der Waals surface area contributed by atoms with Crippen LogP contribution in [0, 0.1) is 11.8 Å². The van der Waals surface area contributed by atoms with E-state index >= 15 is 0 Å². The van der Waals surface area contributed by atoms with Crippen molar-refractivity contribution >= 4 is 11.8 Å². The third-order valence-corrected chi connectivity index (χ3v) is 4.14. The van der Waals surface area contributed by atoms with E-state index < -0.39 is 0 Å². The number of rotatable bonds is 9. The summed E-state index contributed by atoms with van der Waals surface area (Å²) < 4.78 is 5.32. The van der Waals surface area contributed by atoms with E-state index in [0.717, 1.165) is 36.1 Å². The highest BCUT2D eigenvalue weighted by atomic mass is 32.2. The molecule has 0 aliphatic carbocycles. The molecular formula is C14H27N3OS. The van der Waals surface area contributed by atoms with Crippen molar-refractivity contribution in [3.63, 3.8) is 0 Å². The van der Waals surface area contributed by atoms with E-state index in [1.54, 1.807) is 0 Å². The first-order chi connectivity index (χ1) is 9.01. The van der Waals surface area contributed by atoms with Crippen molar-refractivity contribution in [1.82, 2.24) is 15.5 Å². The van der Waals surface area contributed by atoms with Crippen molar-refractivity contribution in [3.05, 3.63) is 11.7 Å². The Hall–Kier alpha value is -0.550. The lowest BCUT2D eigenvalue weighted by Gasteiger charge is -2.15. The number of likely N-dealkylation sites (N-methyl/N-ethyl adjacent to an activating group) is 1. The molecule has 0 radical (unpaired) electrons. The maximum absolute atomic E-state index is 5.32. The lowest BCUT2D eigenvalue weighted by atomic mass is 10.0. The first-order valence-corrected chi connectivity index (χ1v) is 8.23. The molecule has 1 aromatic rings. The first kappa shape index (κ1) is 16.5. The van der Waals surface area contributed by atoms with Crippen LogP contribution in [-0.2, 0) is 12.2 Å². The zero-order valence-corrected chi connectivity index (χ0v) is 13.6. The van der Waals surface area contributed by atoms with Gasteiger partial charge in [-0.05, 0) is 31.1 Å². The summed E-state index contributed by atoms with van der Waals surface area (Å²) in [5.74, 6) is 4.92. The molecule has 0 aliphatic rings. The Balaban J connectivity index is 2.40. The van der Waals surface area contributed by atoms with Gasteiger partial charge in [-0.1, -0.05) is 32.9 Å². The molecule has 0 bridgehead atoms. The summed E-state index contributed by atoms with van der Waals surface area (Å²) in [6.07, 6.45) is 1.94. The second kappa shape index (κ2) is 8.59. The summed E-state index contributed by atoms with van der Waals surface area (Å²) in [6, 6.07) is 0.414.